The first kappa shape index (κ1) is 14.2. The Morgan fingerprint density at radius 1 is 1.16 bits per heavy atom. The molecule has 19 heavy (non-hydrogen) atoms. The largest absolute Gasteiger partial charge is 0.356 e. The van der Waals surface area contributed by atoms with Gasteiger partial charge >= 0.3 is 0 Å². The van der Waals surface area contributed by atoms with Gasteiger partial charge in [-0.25, -0.2) is 9.97 Å². The van der Waals surface area contributed by atoms with E-state index in [0.29, 0.717) is 6.04 Å². The molecule has 1 aromatic heterocycles. The van der Waals surface area contributed by atoms with Gasteiger partial charge in [0.05, 0.1) is 7.11 Å². The van der Waals surface area contributed by atoms with E-state index in [1.807, 2.05) is 19.0 Å². The number of hydroxylamine groups is 2. The molecule has 0 N–H and O–H groups in total. The Labute approximate surface area is 115 Å². The summed E-state index contributed by atoms with van der Waals surface area (Å²) >= 11 is 0. The minimum Gasteiger partial charge on any atom is -0.356 e. The molecule has 1 aliphatic heterocycles. The van der Waals surface area contributed by atoms with E-state index in [2.05, 4.69) is 28.7 Å². The van der Waals surface area contributed by atoms with E-state index in [-0.39, 0.29) is 0 Å². The van der Waals surface area contributed by atoms with Crippen LogP contribution in [0.4, 0.5) is 5.82 Å². The molecule has 0 spiro atoms. The molecule has 5 heteroatoms. The van der Waals surface area contributed by atoms with Crippen molar-refractivity contribution >= 4 is 5.82 Å². The van der Waals surface area contributed by atoms with Crippen LogP contribution in [-0.4, -0.2) is 48.3 Å². The molecule has 0 atom stereocenters. The third-order valence-electron chi connectivity index (χ3n) is 4.04. The first-order valence-corrected chi connectivity index (χ1v) is 6.86. The lowest BCUT2D eigenvalue weighted by Gasteiger charge is -2.36. The maximum Gasteiger partial charge on any atom is 0.135 e. The Kier molecular flexibility index (Phi) is 4.37. The van der Waals surface area contributed by atoms with Crippen molar-refractivity contribution in [1.82, 2.24) is 15.0 Å². The molecule has 0 bridgehead atoms. The van der Waals surface area contributed by atoms with Crippen molar-refractivity contribution in [3.63, 3.8) is 0 Å². The molecule has 1 aromatic rings. The highest BCUT2D eigenvalue weighted by atomic mass is 16.7. The lowest BCUT2D eigenvalue weighted by molar-refractivity contribution is -0.145. The minimum absolute atomic E-state index is 0.505. The number of piperidine rings is 1. The molecule has 106 valence electrons. The van der Waals surface area contributed by atoms with Crippen molar-refractivity contribution in [3.8, 4) is 0 Å². The van der Waals surface area contributed by atoms with Crippen LogP contribution >= 0.6 is 0 Å². The predicted octanol–water partition coefficient (Wildman–Crippen LogP) is 1.86. The number of anilines is 1. The lowest BCUT2D eigenvalue weighted by Crippen LogP contribution is -2.43. The summed E-state index contributed by atoms with van der Waals surface area (Å²) in [5.41, 5.74) is 2.28. The summed E-state index contributed by atoms with van der Waals surface area (Å²) < 4.78 is 0. The highest BCUT2D eigenvalue weighted by Crippen LogP contribution is 2.24. The van der Waals surface area contributed by atoms with Crippen molar-refractivity contribution < 1.29 is 4.84 Å². The summed E-state index contributed by atoms with van der Waals surface area (Å²) in [5.74, 6) is 1.96. The van der Waals surface area contributed by atoms with Crippen LogP contribution in [-0.2, 0) is 4.84 Å². The fraction of sp³-hybridized carbons (Fsp3) is 0.714. The first-order chi connectivity index (χ1) is 9.02. The highest BCUT2D eigenvalue weighted by Gasteiger charge is 2.24. The van der Waals surface area contributed by atoms with E-state index in [9.17, 15) is 0 Å². The van der Waals surface area contributed by atoms with E-state index >= 15 is 0 Å². The van der Waals surface area contributed by atoms with Gasteiger partial charge in [-0.2, -0.15) is 5.06 Å². The van der Waals surface area contributed by atoms with Crippen molar-refractivity contribution in [1.29, 1.82) is 0 Å². The molecule has 1 saturated heterocycles. The Hall–Kier alpha value is -1.20. The van der Waals surface area contributed by atoms with E-state index in [0.717, 1.165) is 43.3 Å². The van der Waals surface area contributed by atoms with Crippen LogP contribution in [0.25, 0.3) is 0 Å². The fourth-order valence-corrected chi connectivity index (χ4v) is 2.65. The van der Waals surface area contributed by atoms with E-state index in [1.165, 1.54) is 5.56 Å². The second kappa shape index (κ2) is 5.84. The summed E-state index contributed by atoms with van der Waals surface area (Å²) in [4.78, 5) is 16.7. The van der Waals surface area contributed by atoms with Crippen LogP contribution in [0.15, 0.2) is 0 Å². The first-order valence-electron chi connectivity index (χ1n) is 6.86. The topological polar surface area (TPSA) is 41.5 Å². The zero-order valence-corrected chi connectivity index (χ0v) is 12.6. The number of aromatic nitrogens is 2. The normalized spacial score (nSPS) is 17.3. The van der Waals surface area contributed by atoms with Crippen LogP contribution in [0.2, 0.25) is 0 Å². The maximum atomic E-state index is 5.28. The van der Waals surface area contributed by atoms with Gasteiger partial charge in [-0.1, -0.05) is 0 Å². The summed E-state index contributed by atoms with van der Waals surface area (Å²) in [5, 5.41) is 1.96. The third kappa shape index (κ3) is 3.04. The maximum absolute atomic E-state index is 5.28. The fourth-order valence-electron chi connectivity index (χ4n) is 2.65. The number of rotatable bonds is 3. The predicted molar refractivity (Wildman–Crippen MR) is 76.3 cm³/mol. The standard InChI is InChI=1S/C14H24N4O/c1-10-11(2)15-12(3)16-14(10)18-8-6-13(7-9-18)17(4)19-5/h13H,6-9H2,1-5H3. The molecule has 0 aromatic carbocycles. The SMILES string of the molecule is CON(C)C1CCN(c2nc(C)nc(C)c2C)CC1. The summed E-state index contributed by atoms with van der Waals surface area (Å²) in [6, 6.07) is 0.505. The van der Waals surface area contributed by atoms with Gasteiger partial charge in [0.15, 0.2) is 0 Å². The molecule has 2 rings (SSSR count). The number of aryl methyl sites for hydroxylation is 2. The second-order valence-electron chi connectivity index (χ2n) is 5.25. The Morgan fingerprint density at radius 2 is 1.79 bits per heavy atom. The Balaban J connectivity index is 2.10. The molecular weight excluding hydrogens is 240 g/mol. The second-order valence-corrected chi connectivity index (χ2v) is 5.25. The molecule has 0 unspecified atom stereocenters. The molecule has 0 aliphatic carbocycles. The zero-order chi connectivity index (χ0) is 14.0. The van der Waals surface area contributed by atoms with Crippen molar-refractivity contribution in [2.75, 3.05) is 32.1 Å². The summed E-state index contributed by atoms with van der Waals surface area (Å²) in [7, 11) is 3.73. The smallest absolute Gasteiger partial charge is 0.135 e. The van der Waals surface area contributed by atoms with Gasteiger partial charge in [-0.05, 0) is 33.6 Å². The van der Waals surface area contributed by atoms with Crippen LogP contribution < -0.4 is 4.90 Å². The average molecular weight is 264 g/mol. The summed E-state index contributed by atoms with van der Waals surface area (Å²) in [6.07, 6.45) is 2.21. The zero-order valence-electron chi connectivity index (χ0n) is 12.6. The van der Waals surface area contributed by atoms with Gasteiger partial charge < -0.3 is 9.74 Å². The molecular formula is C14H24N4O. The van der Waals surface area contributed by atoms with Gasteiger partial charge in [0.1, 0.15) is 11.6 Å². The Bertz CT molecular complexity index is 441. The quantitative estimate of drug-likeness (QED) is 0.780. The lowest BCUT2D eigenvalue weighted by atomic mass is 10.0. The molecule has 0 amide bonds. The third-order valence-corrected chi connectivity index (χ3v) is 4.04. The van der Waals surface area contributed by atoms with Crippen LogP contribution in [0.3, 0.4) is 0 Å². The molecule has 1 aliphatic rings. The van der Waals surface area contributed by atoms with Crippen molar-refractivity contribution in [2.24, 2.45) is 0 Å². The van der Waals surface area contributed by atoms with Crippen LogP contribution in [0.5, 0.6) is 0 Å². The summed E-state index contributed by atoms with van der Waals surface area (Å²) in [6.45, 7) is 8.17. The van der Waals surface area contributed by atoms with Gasteiger partial charge in [-0.15, -0.1) is 0 Å². The minimum atomic E-state index is 0.505. The highest BCUT2D eigenvalue weighted by molar-refractivity contribution is 5.48. The number of hydrogen-bond donors (Lipinski definition) is 0. The number of hydrogen-bond acceptors (Lipinski definition) is 5. The average Bonchev–Trinajstić information content (AvgIpc) is 2.42. The van der Waals surface area contributed by atoms with E-state index in [4.69, 9.17) is 4.84 Å². The van der Waals surface area contributed by atoms with Gasteiger partial charge in [0.2, 0.25) is 0 Å². The monoisotopic (exact) mass is 264 g/mol. The van der Waals surface area contributed by atoms with Gasteiger partial charge in [-0.3, -0.25) is 0 Å². The molecule has 0 saturated carbocycles. The van der Waals surface area contributed by atoms with Crippen molar-refractivity contribution in [2.45, 2.75) is 39.7 Å². The van der Waals surface area contributed by atoms with E-state index in [1.54, 1.807) is 7.11 Å². The number of nitrogens with zero attached hydrogens (tertiary/aromatic N) is 4. The molecule has 0 radical (unpaired) electrons. The van der Waals surface area contributed by atoms with Crippen molar-refractivity contribution in [3.05, 3.63) is 17.1 Å². The van der Waals surface area contributed by atoms with Crippen LogP contribution in [0, 0.1) is 20.8 Å². The molecule has 5 nitrogen and oxygen atoms in total. The van der Waals surface area contributed by atoms with Gasteiger partial charge in [0.25, 0.3) is 0 Å². The Morgan fingerprint density at radius 3 is 2.37 bits per heavy atom. The molecule has 1 fully saturated rings. The van der Waals surface area contributed by atoms with Crippen LogP contribution in [0.1, 0.15) is 29.9 Å². The van der Waals surface area contributed by atoms with Gasteiger partial charge in [0, 0.05) is 37.4 Å². The molecule has 2 heterocycles. The van der Waals surface area contributed by atoms with E-state index < -0.39 is 0 Å².